The van der Waals surface area contributed by atoms with E-state index in [1.165, 1.54) is 187 Å². The molecule has 0 spiro atoms. The van der Waals surface area contributed by atoms with E-state index in [0.717, 1.165) is 120 Å². The molecule has 6 atom stereocenters. The molecule has 14 nitrogen and oxygen atoms in total. The molecule has 0 saturated carbocycles. The maximum Gasteiger partial charge on any atom is 0.165 e. The van der Waals surface area contributed by atoms with Crippen LogP contribution in [-0.4, -0.2) is 124 Å². The largest absolute Gasteiger partial charge is 0.507 e. The summed E-state index contributed by atoms with van der Waals surface area (Å²) in [7, 11) is 9.40. The molecule has 21 heteroatoms. The van der Waals surface area contributed by atoms with E-state index in [1.807, 2.05) is 81.4 Å². The summed E-state index contributed by atoms with van der Waals surface area (Å²) in [6, 6.07) is 79.3. The fourth-order valence-corrected chi connectivity index (χ4v) is 25.4. The van der Waals surface area contributed by atoms with Crippen LogP contribution in [0.15, 0.2) is 237 Å². The van der Waals surface area contributed by atoms with Crippen molar-refractivity contribution in [1.82, 2.24) is 0 Å². The van der Waals surface area contributed by atoms with Gasteiger partial charge in [0.2, 0.25) is 0 Å². The van der Waals surface area contributed by atoms with Gasteiger partial charge in [0, 0.05) is 189 Å². The predicted molar refractivity (Wildman–Crippen MR) is 573 cm³/mol. The number of phenolic OH excluding ortho intramolecular Hbond substituents is 6. The molecule has 12 aromatic rings. The summed E-state index contributed by atoms with van der Waals surface area (Å²) in [5, 5.41) is 75.4. The Kier molecular flexibility index (Phi) is 38.2. The number of anilines is 6. The molecule has 17 rings (SSSR count). The molecule has 5 aliphatic rings. The maximum absolute atomic E-state index is 13.5. The number of phenols is 6. The number of aromatic hydroxyl groups is 6. The summed E-state index contributed by atoms with van der Waals surface area (Å²) < 4.78 is 23.8. The van der Waals surface area contributed by atoms with E-state index in [1.54, 1.807) is 37.4 Å². The van der Waals surface area contributed by atoms with Crippen LogP contribution in [-0.2, 0) is 5.41 Å². The van der Waals surface area contributed by atoms with Gasteiger partial charge in [0.05, 0.1) is 14.2 Å². The average Bonchev–Trinajstić information content (AvgIpc) is 0.788. The minimum absolute atomic E-state index is 0.0538. The van der Waals surface area contributed by atoms with E-state index < -0.39 is 0 Å². The Morgan fingerprint density at radius 2 is 0.634 bits per heavy atom. The summed E-state index contributed by atoms with van der Waals surface area (Å²) in [4.78, 5) is 14.4. The first-order valence-corrected chi connectivity index (χ1v) is 52.6. The van der Waals surface area contributed by atoms with Crippen molar-refractivity contribution in [2.75, 3.05) is 123 Å². The van der Waals surface area contributed by atoms with Gasteiger partial charge in [-0.15, -0.1) is 0 Å². The van der Waals surface area contributed by atoms with Crippen LogP contribution >= 0.6 is 51.5 Å². The number of aryl methyl sites for hydroxylation is 5. The predicted octanol–water partition coefficient (Wildman–Crippen LogP) is 20.1. The average molecular weight is 1880 g/mol. The Morgan fingerprint density at radius 3 is 1.05 bits per heavy atom. The van der Waals surface area contributed by atoms with Crippen molar-refractivity contribution >= 4 is 149 Å². The Bertz CT molecular complexity index is 5630. The fraction of sp³-hybridized carbons (Fsp3) is 0.345. The molecule has 5 saturated heterocycles. The Balaban J connectivity index is 0.000000142. The number of rotatable bonds is 20. The van der Waals surface area contributed by atoms with Crippen molar-refractivity contribution < 1.29 is 44.5 Å². The van der Waals surface area contributed by atoms with Crippen molar-refractivity contribution in [3.63, 3.8) is 0 Å². The second kappa shape index (κ2) is 49.9. The molecule has 5 heterocycles. The number of hydrogen-bond acceptors (Lipinski definition) is 14. The Hall–Kier alpha value is -9.65. The first kappa shape index (κ1) is 100. The molecule has 12 aromatic carbocycles. The van der Waals surface area contributed by atoms with Gasteiger partial charge in [-0.1, -0.05) is 223 Å². The smallest absolute Gasteiger partial charge is 0.165 e. The summed E-state index contributed by atoms with van der Waals surface area (Å²) in [6.07, 6.45) is 19.6. The minimum Gasteiger partial charge on any atom is -0.507 e. The van der Waals surface area contributed by atoms with Gasteiger partial charge in [-0.3, -0.25) is 0 Å². The summed E-state index contributed by atoms with van der Waals surface area (Å²) >= 11 is 0. The zero-order valence-electron chi connectivity index (χ0n) is 78.8. The van der Waals surface area contributed by atoms with E-state index in [-0.39, 0.29) is 25.6 Å². The van der Waals surface area contributed by atoms with Crippen LogP contribution in [0.4, 0.5) is 38.5 Å². The number of methoxy groups -OCH3 is 2. The van der Waals surface area contributed by atoms with Gasteiger partial charge >= 0.3 is 0 Å². The molecule has 0 radical (unpaired) electrons. The van der Waals surface area contributed by atoms with E-state index in [4.69, 9.17) is 9.47 Å². The van der Waals surface area contributed by atoms with Crippen molar-refractivity contribution in [2.45, 2.75) is 157 Å². The molecular weight excluding hydrogens is 1740 g/mol. The summed E-state index contributed by atoms with van der Waals surface area (Å²) in [5.74, 6) is 2.94. The SMILES string of the molecule is COc1cc(OC)c(O)c(Pc2ccc(F)cc2N(C)C)c1.Cc1cc(C)c(O)c(Pc2ccccc2N2CCCCC2)c1.Cc1cc(Pc2ccccc2N2CCCCC2)c(O)c(C(C)(C)C)c1.Cc1ccc(O)c(Pc2ccccc2N2CCCCC2)c1.Cc1cccc(Pc2ccccc2N2CCCCC2)c1O.Oc1ccccc1Pc1ccccc1N1CCCCC1. The highest BCUT2D eigenvalue weighted by atomic mass is 31.1. The quantitative estimate of drug-likeness (QED) is 0.0400. The molecule has 0 amide bonds. The highest BCUT2D eigenvalue weighted by Gasteiger charge is 2.26. The minimum atomic E-state index is -0.287. The second-order valence-electron chi connectivity index (χ2n) is 35.8. The van der Waals surface area contributed by atoms with E-state index >= 15 is 0 Å². The molecule has 5 fully saturated rings. The third-order valence-corrected chi connectivity index (χ3v) is 32.5. The molecule has 0 aromatic heterocycles. The van der Waals surface area contributed by atoms with E-state index in [0.29, 0.717) is 88.5 Å². The van der Waals surface area contributed by atoms with Gasteiger partial charge in [-0.2, -0.15) is 0 Å². The van der Waals surface area contributed by atoms with Crippen molar-refractivity contribution in [1.29, 1.82) is 0 Å². The lowest BCUT2D eigenvalue weighted by atomic mass is 9.85. The third kappa shape index (κ3) is 28.7. The van der Waals surface area contributed by atoms with Crippen LogP contribution in [0.5, 0.6) is 46.0 Å². The van der Waals surface area contributed by atoms with E-state index in [2.05, 4.69) is 212 Å². The van der Waals surface area contributed by atoms with Gasteiger partial charge in [0.15, 0.2) is 11.5 Å². The number of ether oxygens (including phenoxy) is 2. The molecule has 6 N–H and O–H groups in total. The van der Waals surface area contributed by atoms with Crippen LogP contribution in [0.3, 0.4) is 0 Å². The number of hydrogen-bond donors (Lipinski definition) is 6. The normalized spacial score (nSPS) is 15.0. The van der Waals surface area contributed by atoms with Gasteiger partial charge < -0.3 is 69.5 Å². The molecule has 5 aliphatic heterocycles. The van der Waals surface area contributed by atoms with Gasteiger partial charge in [0.1, 0.15) is 40.3 Å². The van der Waals surface area contributed by atoms with Crippen molar-refractivity contribution in [2.24, 2.45) is 0 Å². The monoisotopic (exact) mass is 1870 g/mol. The standard InChI is InChI=1S/C22H30NOP.C19H24NOP.2C18H22NOP.C17H20NOP.C16H19FNO3P/c1-16-14-17(22(2,3)4)21(24)20(15-16)25-19-11-7-6-10-18(19)23-12-8-5-9-13-23;1-14-12-15(2)19(21)18(13-14)22-17-9-5-4-8-16(17)20-10-6-3-7-11-20;1-14-8-7-11-17(18(14)20)21-16-10-4-3-9-15(16)19-12-5-2-6-13-19;1-14-9-10-16(20)18(13-14)21-17-8-4-3-7-15(17)19-11-5-2-6-12-19;19-15-9-3-5-11-17(15)20-16-10-4-2-8-14(16)18-12-6-1-7-13-18;1-18(2)12-7-10(17)5-6-14(12)22-15-9-11(20-3)8-13(21-4)16(15)19/h6-7,10-11,14-15,24-25H,5,8-9,12-13H2,1-4H3;4-5,8-9,12-13,21-22H,3,6-7,10-11H2,1-2H3;3-4,7-11,20-21H,2,5-6,12-13H2,1H3;3-4,7-10,13,20-21H,2,5-6,11-12H2,1H3;2-5,8-11,19-20H,1,6-7,12-13H2;5-9,19,22H,1-4H3. The first-order valence-electron chi connectivity index (χ1n) is 46.6. The van der Waals surface area contributed by atoms with Crippen LogP contribution in [0.2, 0.25) is 0 Å². The molecule has 692 valence electrons. The fourth-order valence-electron chi connectivity index (χ4n) is 17.3. The molecule has 131 heavy (non-hydrogen) atoms. The number of para-hydroxylation sites is 7. The van der Waals surface area contributed by atoms with Gasteiger partial charge in [0.25, 0.3) is 0 Å². The van der Waals surface area contributed by atoms with Crippen LogP contribution in [0.1, 0.15) is 150 Å². The van der Waals surface area contributed by atoms with Gasteiger partial charge in [-0.25, -0.2) is 4.39 Å². The van der Waals surface area contributed by atoms with Crippen molar-refractivity contribution in [3.05, 3.63) is 276 Å². The lowest BCUT2D eigenvalue weighted by molar-refractivity contribution is 0.366. The highest BCUT2D eigenvalue weighted by Crippen LogP contribution is 2.39. The second-order valence-corrected chi connectivity index (χ2v) is 43.8. The molecule has 6 unspecified atom stereocenters. The van der Waals surface area contributed by atoms with Crippen molar-refractivity contribution in [3.8, 4) is 46.0 Å². The Labute approximate surface area is 790 Å². The van der Waals surface area contributed by atoms with E-state index in [9.17, 15) is 35.0 Å². The summed E-state index contributed by atoms with van der Waals surface area (Å²) in [6.45, 7) is 28.2. The van der Waals surface area contributed by atoms with Crippen LogP contribution in [0, 0.1) is 40.4 Å². The number of nitrogens with zero attached hydrogens (tertiary/aromatic N) is 6. The van der Waals surface area contributed by atoms with Gasteiger partial charge in [-0.05, 0) is 244 Å². The zero-order chi connectivity index (χ0) is 92.9. The number of benzene rings is 12. The van der Waals surface area contributed by atoms with Crippen LogP contribution < -0.4 is 103 Å². The van der Waals surface area contributed by atoms with Crippen LogP contribution in [0.25, 0.3) is 0 Å². The third-order valence-electron chi connectivity index (χ3n) is 24.4. The summed E-state index contributed by atoms with van der Waals surface area (Å²) in [5.41, 5.74) is 14.1. The molecular formula is C110H137FN6O8P6. The highest BCUT2D eigenvalue weighted by molar-refractivity contribution is 7.58. The Morgan fingerprint density at radius 1 is 0.290 bits per heavy atom. The number of halogens is 1. The maximum atomic E-state index is 13.5. The lowest BCUT2D eigenvalue weighted by Gasteiger charge is -2.31. The lowest BCUT2D eigenvalue weighted by Crippen LogP contribution is -2.32. The molecule has 0 aliphatic carbocycles. The first-order chi connectivity index (χ1) is 63.3. The zero-order valence-corrected chi connectivity index (χ0v) is 84.8. The topological polar surface area (TPSA) is 159 Å². The number of piperidine rings is 5. The molecule has 0 bridgehead atoms.